The maximum absolute atomic E-state index is 11.6. The Kier molecular flexibility index (Phi) is 2.78. The molecule has 2 aromatic heterocycles. The van der Waals surface area contributed by atoms with E-state index >= 15 is 0 Å². The monoisotopic (exact) mass is 201 g/mol. The molecule has 0 aliphatic carbocycles. The first-order valence-corrected chi connectivity index (χ1v) is 4.66. The van der Waals surface area contributed by atoms with Crippen LogP contribution in [0, 0.1) is 0 Å². The number of pyridine rings is 1. The van der Waals surface area contributed by atoms with Crippen LogP contribution in [0.2, 0.25) is 0 Å². The van der Waals surface area contributed by atoms with Crippen molar-refractivity contribution in [2.45, 2.75) is 6.54 Å². The SMILES string of the molecule is O=C(NCc1cc[nH]c1)c1ccncc1. The van der Waals surface area contributed by atoms with Crippen LogP contribution >= 0.6 is 0 Å². The van der Waals surface area contributed by atoms with Crippen molar-refractivity contribution < 1.29 is 4.79 Å². The van der Waals surface area contributed by atoms with E-state index in [4.69, 9.17) is 0 Å². The third kappa shape index (κ3) is 2.43. The van der Waals surface area contributed by atoms with Crippen LogP contribution in [0.4, 0.5) is 0 Å². The van der Waals surface area contributed by atoms with Crippen molar-refractivity contribution in [3.63, 3.8) is 0 Å². The summed E-state index contributed by atoms with van der Waals surface area (Å²) >= 11 is 0. The molecule has 4 heteroatoms. The van der Waals surface area contributed by atoms with Crippen molar-refractivity contribution in [2.24, 2.45) is 0 Å². The lowest BCUT2D eigenvalue weighted by molar-refractivity contribution is 0.0951. The molecule has 0 saturated carbocycles. The lowest BCUT2D eigenvalue weighted by Gasteiger charge is -2.02. The molecule has 0 aromatic carbocycles. The van der Waals surface area contributed by atoms with E-state index in [0.29, 0.717) is 12.1 Å². The average molecular weight is 201 g/mol. The van der Waals surface area contributed by atoms with Crippen molar-refractivity contribution in [1.82, 2.24) is 15.3 Å². The molecule has 1 amide bonds. The van der Waals surface area contributed by atoms with Gasteiger partial charge in [0.25, 0.3) is 5.91 Å². The predicted octanol–water partition coefficient (Wildman–Crippen LogP) is 1.34. The molecule has 2 N–H and O–H groups in total. The number of hydrogen-bond acceptors (Lipinski definition) is 2. The second-order valence-corrected chi connectivity index (χ2v) is 3.14. The van der Waals surface area contributed by atoms with E-state index < -0.39 is 0 Å². The average Bonchev–Trinajstić information content (AvgIpc) is 2.80. The first kappa shape index (κ1) is 9.45. The maximum atomic E-state index is 11.6. The van der Waals surface area contributed by atoms with Gasteiger partial charge in [-0.2, -0.15) is 0 Å². The molecule has 2 aromatic rings. The van der Waals surface area contributed by atoms with Gasteiger partial charge in [-0.15, -0.1) is 0 Å². The van der Waals surface area contributed by atoms with Crippen molar-refractivity contribution in [3.8, 4) is 0 Å². The van der Waals surface area contributed by atoms with Gasteiger partial charge >= 0.3 is 0 Å². The first-order valence-electron chi connectivity index (χ1n) is 4.66. The van der Waals surface area contributed by atoms with Gasteiger partial charge in [0.15, 0.2) is 0 Å². The zero-order valence-corrected chi connectivity index (χ0v) is 8.10. The Labute approximate surface area is 87.4 Å². The van der Waals surface area contributed by atoms with Crippen LogP contribution < -0.4 is 5.32 Å². The van der Waals surface area contributed by atoms with Gasteiger partial charge in [0, 0.05) is 36.9 Å². The van der Waals surface area contributed by atoms with Gasteiger partial charge in [-0.05, 0) is 23.8 Å². The van der Waals surface area contributed by atoms with Gasteiger partial charge in [-0.1, -0.05) is 0 Å². The van der Waals surface area contributed by atoms with E-state index in [0.717, 1.165) is 5.56 Å². The summed E-state index contributed by atoms with van der Waals surface area (Å²) in [5, 5.41) is 2.81. The summed E-state index contributed by atoms with van der Waals surface area (Å²) in [4.78, 5) is 18.4. The van der Waals surface area contributed by atoms with Crippen molar-refractivity contribution in [1.29, 1.82) is 0 Å². The fraction of sp³-hybridized carbons (Fsp3) is 0.0909. The fourth-order valence-electron chi connectivity index (χ4n) is 1.26. The largest absolute Gasteiger partial charge is 0.367 e. The van der Waals surface area contributed by atoms with Gasteiger partial charge in [0.1, 0.15) is 0 Å². The molecule has 0 aliphatic heterocycles. The van der Waals surface area contributed by atoms with Crippen molar-refractivity contribution >= 4 is 5.91 Å². The number of nitrogens with one attached hydrogen (secondary N) is 2. The number of rotatable bonds is 3. The molecule has 0 aliphatic rings. The third-order valence-electron chi connectivity index (χ3n) is 2.06. The number of carbonyl (C=O) groups excluding carboxylic acids is 1. The van der Waals surface area contributed by atoms with E-state index in [1.165, 1.54) is 0 Å². The molecule has 0 radical (unpaired) electrons. The lowest BCUT2D eigenvalue weighted by Crippen LogP contribution is -2.22. The van der Waals surface area contributed by atoms with Crippen molar-refractivity contribution in [2.75, 3.05) is 0 Å². The fourth-order valence-corrected chi connectivity index (χ4v) is 1.26. The van der Waals surface area contributed by atoms with Gasteiger partial charge in [0.05, 0.1) is 0 Å². The van der Waals surface area contributed by atoms with E-state index in [-0.39, 0.29) is 5.91 Å². The van der Waals surface area contributed by atoms with Gasteiger partial charge in [0.2, 0.25) is 0 Å². The number of H-pyrrole nitrogens is 1. The lowest BCUT2D eigenvalue weighted by atomic mass is 10.2. The molecule has 0 unspecified atom stereocenters. The molecule has 0 bridgehead atoms. The van der Waals surface area contributed by atoms with Crippen LogP contribution in [0.5, 0.6) is 0 Å². The van der Waals surface area contributed by atoms with Crippen LogP contribution in [-0.4, -0.2) is 15.9 Å². The third-order valence-corrected chi connectivity index (χ3v) is 2.06. The second kappa shape index (κ2) is 4.41. The van der Waals surface area contributed by atoms with Gasteiger partial charge in [-0.25, -0.2) is 0 Å². The minimum Gasteiger partial charge on any atom is -0.367 e. The molecule has 0 fully saturated rings. The Morgan fingerprint density at radius 3 is 2.80 bits per heavy atom. The maximum Gasteiger partial charge on any atom is 0.251 e. The molecule has 0 saturated heterocycles. The predicted molar refractivity (Wildman–Crippen MR) is 56.2 cm³/mol. The molecule has 0 atom stereocenters. The highest BCUT2D eigenvalue weighted by Gasteiger charge is 2.03. The summed E-state index contributed by atoms with van der Waals surface area (Å²) < 4.78 is 0. The highest BCUT2D eigenvalue weighted by Crippen LogP contribution is 1.99. The number of aromatic nitrogens is 2. The Bertz CT molecular complexity index is 422. The van der Waals surface area contributed by atoms with Crippen molar-refractivity contribution in [3.05, 3.63) is 54.1 Å². The first-order chi connectivity index (χ1) is 7.36. The smallest absolute Gasteiger partial charge is 0.251 e. The Morgan fingerprint density at radius 2 is 2.13 bits per heavy atom. The number of aromatic amines is 1. The summed E-state index contributed by atoms with van der Waals surface area (Å²) in [6.07, 6.45) is 6.89. The van der Waals surface area contributed by atoms with Gasteiger partial charge < -0.3 is 10.3 Å². The topological polar surface area (TPSA) is 57.8 Å². The van der Waals surface area contributed by atoms with Crippen LogP contribution in [0.1, 0.15) is 15.9 Å². The van der Waals surface area contributed by atoms with E-state index in [9.17, 15) is 4.79 Å². The summed E-state index contributed by atoms with van der Waals surface area (Å²) in [7, 11) is 0. The second-order valence-electron chi connectivity index (χ2n) is 3.14. The molecule has 2 rings (SSSR count). The Morgan fingerprint density at radius 1 is 1.33 bits per heavy atom. The van der Waals surface area contributed by atoms with Crippen LogP contribution in [0.15, 0.2) is 43.0 Å². The van der Waals surface area contributed by atoms with Crippen LogP contribution in [0.3, 0.4) is 0 Å². The molecule has 15 heavy (non-hydrogen) atoms. The van der Waals surface area contributed by atoms with Crippen LogP contribution in [0.25, 0.3) is 0 Å². The Balaban J connectivity index is 1.94. The summed E-state index contributed by atoms with van der Waals surface area (Å²) in [5.41, 5.74) is 1.68. The van der Waals surface area contributed by atoms with E-state index in [1.54, 1.807) is 24.5 Å². The normalized spacial score (nSPS) is 9.87. The molecule has 2 heterocycles. The number of nitrogens with zero attached hydrogens (tertiary/aromatic N) is 1. The molecule has 0 spiro atoms. The summed E-state index contributed by atoms with van der Waals surface area (Å²) in [5.74, 6) is -0.0846. The molecular weight excluding hydrogens is 190 g/mol. The number of hydrogen-bond donors (Lipinski definition) is 2. The number of carbonyl (C=O) groups is 1. The van der Waals surface area contributed by atoms with E-state index in [1.807, 2.05) is 18.5 Å². The molecule has 76 valence electrons. The summed E-state index contributed by atoms with van der Waals surface area (Å²) in [6, 6.07) is 5.30. The zero-order chi connectivity index (χ0) is 10.5. The van der Waals surface area contributed by atoms with Gasteiger partial charge in [-0.3, -0.25) is 9.78 Å². The zero-order valence-electron chi connectivity index (χ0n) is 8.10. The minimum atomic E-state index is -0.0846. The molecule has 4 nitrogen and oxygen atoms in total. The highest BCUT2D eigenvalue weighted by atomic mass is 16.1. The van der Waals surface area contributed by atoms with Crippen LogP contribution in [-0.2, 0) is 6.54 Å². The Hall–Kier alpha value is -2.10. The minimum absolute atomic E-state index is 0.0846. The summed E-state index contributed by atoms with van der Waals surface area (Å²) in [6.45, 7) is 0.532. The standard InChI is InChI=1S/C11H11N3O/c15-11(10-2-5-12-6-3-10)14-8-9-1-4-13-7-9/h1-7,13H,8H2,(H,14,15). The highest BCUT2D eigenvalue weighted by molar-refractivity contribution is 5.93. The van der Waals surface area contributed by atoms with E-state index in [2.05, 4.69) is 15.3 Å². The quantitative estimate of drug-likeness (QED) is 0.787. The molecular formula is C11H11N3O. The number of amides is 1.